The molecule has 1 rings (SSSR count). The molecule has 0 bridgehead atoms. The molecule has 0 amide bonds. The summed E-state index contributed by atoms with van der Waals surface area (Å²) in [6, 6.07) is 2.90. The fraction of sp³-hybridized carbons (Fsp3) is 0. The van der Waals surface area contributed by atoms with E-state index in [1.54, 1.807) is 0 Å². The minimum atomic E-state index is -4.16. The molecule has 1 aromatic rings. The topological polar surface area (TPSA) is 115 Å². The summed E-state index contributed by atoms with van der Waals surface area (Å²) in [5, 5.41) is 10.3. The fourth-order valence-electron chi connectivity index (χ4n) is 0.843. The van der Waals surface area contributed by atoms with Crippen LogP contribution >= 0.6 is 11.6 Å². The monoisotopic (exact) mass is 252 g/mol. The Bertz CT molecular complexity index is 451. The van der Waals surface area contributed by atoms with Crippen LogP contribution in [0.4, 0.5) is 5.69 Å². The number of hydrogen-bond donors (Lipinski definition) is 1. The summed E-state index contributed by atoms with van der Waals surface area (Å²) in [7, 11) is -4.16. The molecule has 0 saturated heterocycles. The summed E-state index contributed by atoms with van der Waals surface area (Å²) in [5.74, 6) is 4.51. The highest BCUT2D eigenvalue weighted by molar-refractivity contribution is 7.92. The van der Waals surface area contributed by atoms with Crippen molar-refractivity contribution in [1.82, 2.24) is 0 Å². The van der Waals surface area contributed by atoms with Crippen LogP contribution in [0, 0.1) is 10.1 Å². The van der Waals surface area contributed by atoms with Gasteiger partial charge < -0.3 is 0 Å². The zero-order valence-electron chi connectivity index (χ0n) is 7.08. The second kappa shape index (κ2) is 4.21. The molecule has 0 aliphatic heterocycles. The highest BCUT2D eigenvalue weighted by atomic mass is 35.5. The Balaban J connectivity index is 3.31. The van der Waals surface area contributed by atoms with Crippen molar-refractivity contribution in [2.45, 2.75) is 4.90 Å². The summed E-state index contributed by atoms with van der Waals surface area (Å²) >= 11 is 5.48. The number of nitro benzene ring substituents is 1. The van der Waals surface area contributed by atoms with E-state index in [2.05, 4.69) is 10.2 Å². The van der Waals surface area contributed by atoms with Crippen LogP contribution in [0.3, 0.4) is 0 Å². The lowest BCUT2D eigenvalue weighted by atomic mass is 10.3. The van der Waals surface area contributed by atoms with Crippen molar-refractivity contribution >= 4 is 27.8 Å². The number of rotatable bonds is 3. The molecule has 9 heteroatoms. The smallest absolute Gasteiger partial charge is 0.258 e. The molecule has 81 valence electrons. The Hall–Kier alpha value is -1.06. The van der Waals surface area contributed by atoms with Crippen LogP contribution in [0.15, 0.2) is 23.1 Å². The molecular formula is C6H5ClN2O5S+. The maximum absolute atomic E-state index is 11.1. The number of hydrogen-bond acceptors (Lipinski definition) is 5. The lowest BCUT2D eigenvalue weighted by molar-refractivity contribution is -0.384. The van der Waals surface area contributed by atoms with Gasteiger partial charge in [-0.1, -0.05) is 11.6 Å². The van der Waals surface area contributed by atoms with Crippen molar-refractivity contribution in [3.8, 4) is 0 Å². The standard InChI is InChI=1S/C6H5ClN2O5S/c7-5-2-1-4(15(12,13)14-8)3-6(5)9(10)11/h1-3H,8H2/q+1. The second-order valence-electron chi connectivity index (χ2n) is 2.42. The van der Waals surface area contributed by atoms with Crippen molar-refractivity contribution in [2.24, 2.45) is 5.90 Å². The lowest BCUT2D eigenvalue weighted by Crippen LogP contribution is -2.16. The van der Waals surface area contributed by atoms with E-state index in [-0.39, 0.29) is 5.02 Å². The highest BCUT2D eigenvalue weighted by Crippen LogP contribution is 2.29. The normalized spacial score (nSPS) is 14.6. The van der Waals surface area contributed by atoms with E-state index < -0.39 is 26.0 Å². The van der Waals surface area contributed by atoms with E-state index in [4.69, 9.17) is 11.6 Å². The first-order valence-electron chi connectivity index (χ1n) is 3.46. The average Bonchev–Trinajstić information content (AvgIpc) is 2.17. The minimum Gasteiger partial charge on any atom is -0.258 e. The minimum absolute atomic E-state index is 0.170. The Kier molecular flexibility index (Phi) is 3.37. The van der Waals surface area contributed by atoms with Gasteiger partial charge in [-0.15, -0.1) is 0 Å². The predicted molar refractivity (Wildman–Crippen MR) is 50.4 cm³/mol. The molecule has 1 aromatic carbocycles. The van der Waals surface area contributed by atoms with Gasteiger partial charge in [0.05, 0.1) is 15.5 Å². The van der Waals surface area contributed by atoms with E-state index >= 15 is 0 Å². The molecule has 0 saturated carbocycles. The van der Waals surface area contributed by atoms with Gasteiger partial charge in [0.1, 0.15) is 5.02 Å². The molecule has 1 unspecified atom stereocenters. The van der Waals surface area contributed by atoms with Crippen molar-refractivity contribution in [3.05, 3.63) is 33.3 Å². The molecule has 0 fully saturated rings. The predicted octanol–water partition coefficient (Wildman–Crippen LogP) is 1.26. The van der Waals surface area contributed by atoms with Gasteiger partial charge >= 0.3 is 10.5 Å². The Morgan fingerprint density at radius 3 is 2.60 bits per heavy atom. The quantitative estimate of drug-likeness (QED) is 0.494. The van der Waals surface area contributed by atoms with Crippen LogP contribution in [0.2, 0.25) is 5.02 Å². The van der Waals surface area contributed by atoms with Gasteiger partial charge in [0.15, 0.2) is 0 Å². The van der Waals surface area contributed by atoms with Crippen molar-refractivity contribution in [2.75, 3.05) is 0 Å². The first kappa shape index (κ1) is 12.0. The van der Waals surface area contributed by atoms with Gasteiger partial charge in [-0.25, -0.2) is 0 Å². The zero-order chi connectivity index (χ0) is 11.6. The number of nitrogens with two attached hydrogens (primary N) is 1. The summed E-state index contributed by atoms with van der Waals surface area (Å²) in [6.07, 6.45) is 0. The largest absolute Gasteiger partial charge is 0.447 e. The Morgan fingerprint density at radius 1 is 1.53 bits per heavy atom. The molecule has 0 aliphatic rings. The van der Waals surface area contributed by atoms with E-state index in [9.17, 15) is 18.9 Å². The number of nitrogens with zero attached hydrogens (tertiary/aromatic N) is 1. The van der Waals surface area contributed by atoms with Crippen LogP contribution in [-0.4, -0.2) is 4.92 Å². The molecule has 2 N–H and O–H groups in total. The summed E-state index contributed by atoms with van der Waals surface area (Å²) in [5.41, 5.74) is -0.533. The molecule has 0 spiro atoms. The molecule has 0 aliphatic carbocycles. The van der Waals surface area contributed by atoms with E-state index in [0.717, 1.165) is 18.2 Å². The Labute approximate surface area is 90.3 Å². The molecule has 1 radical (unpaired) electrons. The van der Waals surface area contributed by atoms with Crippen LogP contribution in [0.1, 0.15) is 0 Å². The molecule has 0 heterocycles. The van der Waals surface area contributed by atoms with Gasteiger partial charge in [-0.05, 0) is 14.6 Å². The first-order chi connectivity index (χ1) is 6.88. The summed E-state index contributed by atoms with van der Waals surface area (Å²) in [6.45, 7) is 0. The molecular weight excluding hydrogens is 248 g/mol. The van der Waals surface area contributed by atoms with Crippen LogP contribution in [-0.2, 0) is 23.5 Å². The van der Waals surface area contributed by atoms with Gasteiger partial charge in [0.25, 0.3) is 5.69 Å². The third-order valence-corrected chi connectivity index (χ3v) is 2.93. The van der Waals surface area contributed by atoms with Crippen LogP contribution in [0.5, 0.6) is 0 Å². The third-order valence-electron chi connectivity index (χ3n) is 1.53. The summed E-state index contributed by atoms with van der Waals surface area (Å²) in [4.78, 5) is 9.21. The number of nitro groups is 1. The van der Waals surface area contributed by atoms with Gasteiger partial charge in [0.2, 0.25) is 4.90 Å². The SMILES string of the molecule is NO[S+]([O])(=O)c1ccc(Cl)c([N+](=O)[O-])c1. The van der Waals surface area contributed by atoms with Crippen molar-refractivity contribution in [3.63, 3.8) is 0 Å². The average molecular weight is 253 g/mol. The lowest BCUT2D eigenvalue weighted by Gasteiger charge is -1.97. The van der Waals surface area contributed by atoms with Crippen LogP contribution < -0.4 is 5.90 Å². The first-order valence-corrected chi connectivity index (χ1v) is 5.24. The van der Waals surface area contributed by atoms with Crippen LogP contribution in [0.25, 0.3) is 0 Å². The third kappa shape index (κ3) is 2.49. The molecule has 7 nitrogen and oxygen atoms in total. The number of halogens is 1. The maximum atomic E-state index is 11.1. The van der Waals surface area contributed by atoms with Crippen molar-refractivity contribution in [1.29, 1.82) is 0 Å². The van der Waals surface area contributed by atoms with Gasteiger partial charge in [-0.3, -0.25) is 10.1 Å². The van der Waals surface area contributed by atoms with E-state index in [0.29, 0.717) is 0 Å². The van der Waals surface area contributed by atoms with E-state index in [1.165, 1.54) is 0 Å². The van der Waals surface area contributed by atoms with Gasteiger partial charge in [0, 0.05) is 6.07 Å². The molecule has 0 aromatic heterocycles. The zero-order valence-corrected chi connectivity index (χ0v) is 8.66. The van der Waals surface area contributed by atoms with E-state index in [1.807, 2.05) is 0 Å². The number of benzene rings is 1. The molecule has 15 heavy (non-hydrogen) atoms. The van der Waals surface area contributed by atoms with Crippen molar-refractivity contribution < 1.29 is 18.0 Å². The van der Waals surface area contributed by atoms with Gasteiger partial charge in [-0.2, -0.15) is 5.90 Å². The second-order valence-corrected chi connectivity index (χ2v) is 4.40. The fourth-order valence-corrected chi connectivity index (χ4v) is 1.63. The summed E-state index contributed by atoms with van der Waals surface area (Å²) < 4.78 is 25.9. The maximum Gasteiger partial charge on any atom is 0.447 e. The Morgan fingerprint density at radius 2 is 2.13 bits per heavy atom. The molecule has 1 atom stereocenters. The highest BCUT2D eigenvalue weighted by Gasteiger charge is 2.36.